The molecule has 0 unspecified atom stereocenters. The van der Waals surface area contributed by atoms with Crippen molar-refractivity contribution in [1.29, 1.82) is 0 Å². The molecule has 0 saturated heterocycles. The van der Waals surface area contributed by atoms with Crippen LogP contribution in [0.4, 0.5) is 0 Å². The maximum Gasteiger partial charge on any atom is 0.0938 e. The van der Waals surface area contributed by atoms with Gasteiger partial charge in [-0.15, -0.1) is 11.3 Å². The molecule has 0 radical (unpaired) electrons. The van der Waals surface area contributed by atoms with Gasteiger partial charge in [0.2, 0.25) is 0 Å². The summed E-state index contributed by atoms with van der Waals surface area (Å²) in [7, 11) is 0. The van der Waals surface area contributed by atoms with E-state index in [1.807, 2.05) is 0 Å². The zero-order valence-corrected chi connectivity index (χ0v) is 7.59. The average molecular weight is 204 g/mol. The van der Waals surface area contributed by atoms with Crippen molar-refractivity contribution >= 4 is 22.9 Å². The molecule has 0 aromatic carbocycles. The number of hydrogen-bond acceptors (Lipinski definition) is 3. The second-order valence-corrected chi connectivity index (χ2v) is 3.82. The Morgan fingerprint density at radius 3 is 3.00 bits per heavy atom. The summed E-state index contributed by atoms with van der Waals surface area (Å²) in [6.07, 6.45) is -0.738. The molecular weight excluding hydrogens is 198 g/mol. The van der Waals surface area contributed by atoms with Crippen LogP contribution < -0.4 is 0 Å². The lowest BCUT2D eigenvalue weighted by atomic mass is 10.3. The number of aliphatic hydroxyl groups excluding tert-OH is 1. The highest BCUT2D eigenvalue weighted by atomic mass is 35.5. The van der Waals surface area contributed by atoms with Crippen molar-refractivity contribution in [3.8, 4) is 0 Å². The summed E-state index contributed by atoms with van der Waals surface area (Å²) in [5.41, 5.74) is 7.99. The third-order valence-electron chi connectivity index (χ3n) is 1.24. The fourth-order valence-corrected chi connectivity index (χ4v) is 1.75. The first-order valence-electron chi connectivity index (χ1n) is 3.18. The van der Waals surface area contributed by atoms with Crippen LogP contribution in [0.3, 0.4) is 0 Å². The van der Waals surface area contributed by atoms with E-state index in [0.717, 1.165) is 0 Å². The Balaban J connectivity index is 2.64. The lowest BCUT2D eigenvalue weighted by Crippen LogP contribution is -1.97. The average Bonchev–Trinajstić information content (AvgIpc) is 2.47. The molecule has 0 aliphatic carbocycles. The molecule has 1 atom stereocenters. The molecule has 1 aromatic heterocycles. The minimum atomic E-state index is -0.738. The van der Waals surface area contributed by atoms with Crippen molar-refractivity contribution in [3.63, 3.8) is 0 Å². The third-order valence-corrected chi connectivity index (χ3v) is 2.57. The molecule has 4 nitrogen and oxygen atoms in total. The van der Waals surface area contributed by atoms with Gasteiger partial charge in [0.15, 0.2) is 0 Å². The normalized spacial score (nSPS) is 12.2. The maximum absolute atomic E-state index is 9.35. The Hall–Kier alpha value is -0.740. The van der Waals surface area contributed by atoms with Crippen molar-refractivity contribution in [2.45, 2.75) is 6.10 Å². The van der Waals surface area contributed by atoms with E-state index in [2.05, 4.69) is 10.0 Å². The predicted octanol–water partition coefficient (Wildman–Crippen LogP) is 2.75. The summed E-state index contributed by atoms with van der Waals surface area (Å²) in [5.74, 6) is 0. The number of azide groups is 1. The number of aliphatic hydroxyl groups is 1. The quantitative estimate of drug-likeness (QED) is 0.458. The molecule has 64 valence electrons. The summed E-state index contributed by atoms with van der Waals surface area (Å²) in [6, 6.07) is 3.41. The van der Waals surface area contributed by atoms with E-state index in [-0.39, 0.29) is 6.54 Å². The molecular formula is C6H6ClN3OS. The van der Waals surface area contributed by atoms with Gasteiger partial charge >= 0.3 is 0 Å². The van der Waals surface area contributed by atoms with Crippen LogP contribution in [0.1, 0.15) is 11.0 Å². The first kappa shape index (κ1) is 9.35. The standard InChI is InChI=1S/C6H6ClN3OS/c7-6-2-1-5(12-6)4(11)3-9-10-8/h1-2,4,11H,3H2/t4-/m0/s1. The van der Waals surface area contributed by atoms with Gasteiger partial charge in [-0.25, -0.2) is 0 Å². The molecule has 6 heteroatoms. The molecule has 0 amide bonds. The lowest BCUT2D eigenvalue weighted by Gasteiger charge is -2.01. The number of hydrogen-bond donors (Lipinski definition) is 1. The van der Waals surface area contributed by atoms with E-state index in [1.165, 1.54) is 11.3 Å². The molecule has 1 heterocycles. The Labute approximate surface area is 78.0 Å². The van der Waals surface area contributed by atoms with E-state index in [9.17, 15) is 5.11 Å². The van der Waals surface area contributed by atoms with Crippen LogP contribution in [0.15, 0.2) is 17.2 Å². The fourth-order valence-electron chi connectivity index (χ4n) is 0.711. The Morgan fingerprint density at radius 1 is 1.75 bits per heavy atom. The highest BCUT2D eigenvalue weighted by Gasteiger charge is 2.08. The van der Waals surface area contributed by atoms with Gasteiger partial charge in [-0.1, -0.05) is 16.7 Å². The molecule has 0 bridgehead atoms. The van der Waals surface area contributed by atoms with Crippen molar-refractivity contribution in [1.82, 2.24) is 0 Å². The summed E-state index contributed by atoms with van der Waals surface area (Å²) >= 11 is 6.92. The molecule has 0 aliphatic heterocycles. The number of thiophene rings is 1. The van der Waals surface area contributed by atoms with Gasteiger partial charge in [-0.2, -0.15) is 0 Å². The van der Waals surface area contributed by atoms with Gasteiger partial charge < -0.3 is 5.11 Å². The first-order chi connectivity index (χ1) is 5.74. The fraction of sp³-hybridized carbons (Fsp3) is 0.333. The number of halogens is 1. The SMILES string of the molecule is [N-]=[N+]=NC[C@H](O)c1ccc(Cl)s1. The topological polar surface area (TPSA) is 69.0 Å². The zero-order chi connectivity index (χ0) is 8.97. The Kier molecular flexibility index (Phi) is 3.37. The van der Waals surface area contributed by atoms with E-state index in [0.29, 0.717) is 9.21 Å². The molecule has 1 N–H and O–H groups in total. The number of nitrogens with zero attached hydrogens (tertiary/aromatic N) is 3. The van der Waals surface area contributed by atoms with Gasteiger partial charge in [-0.05, 0) is 17.7 Å². The van der Waals surface area contributed by atoms with Crippen molar-refractivity contribution < 1.29 is 5.11 Å². The van der Waals surface area contributed by atoms with E-state index in [1.54, 1.807) is 12.1 Å². The summed E-state index contributed by atoms with van der Waals surface area (Å²) in [4.78, 5) is 3.26. The van der Waals surface area contributed by atoms with Gasteiger partial charge in [0.1, 0.15) is 0 Å². The van der Waals surface area contributed by atoms with Crippen LogP contribution in [0, 0.1) is 0 Å². The second-order valence-electron chi connectivity index (χ2n) is 2.07. The van der Waals surface area contributed by atoms with Crippen molar-refractivity contribution in [2.24, 2.45) is 5.11 Å². The molecule has 0 saturated carbocycles. The smallest absolute Gasteiger partial charge is 0.0938 e. The first-order valence-corrected chi connectivity index (χ1v) is 4.37. The van der Waals surface area contributed by atoms with E-state index in [4.69, 9.17) is 17.1 Å². The molecule has 0 spiro atoms. The van der Waals surface area contributed by atoms with E-state index >= 15 is 0 Å². The highest BCUT2D eigenvalue weighted by molar-refractivity contribution is 7.16. The minimum Gasteiger partial charge on any atom is -0.387 e. The molecule has 1 rings (SSSR count). The van der Waals surface area contributed by atoms with Gasteiger partial charge in [0.25, 0.3) is 0 Å². The lowest BCUT2D eigenvalue weighted by molar-refractivity contribution is 0.190. The highest BCUT2D eigenvalue weighted by Crippen LogP contribution is 2.26. The van der Waals surface area contributed by atoms with Crippen molar-refractivity contribution in [3.05, 3.63) is 31.8 Å². The molecule has 0 aliphatic rings. The molecule has 0 fully saturated rings. The predicted molar refractivity (Wildman–Crippen MR) is 48.3 cm³/mol. The van der Waals surface area contributed by atoms with Crippen molar-refractivity contribution in [2.75, 3.05) is 6.54 Å². The second kappa shape index (κ2) is 4.33. The van der Waals surface area contributed by atoms with Crippen LogP contribution in [-0.2, 0) is 0 Å². The maximum atomic E-state index is 9.35. The van der Waals surface area contributed by atoms with Crippen LogP contribution >= 0.6 is 22.9 Å². The third kappa shape index (κ3) is 2.39. The van der Waals surface area contributed by atoms with Gasteiger partial charge in [-0.3, -0.25) is 0 Å². The van der Waals surface area contributed by atoms with Crippen LogP contribution in [0.5, 0.6) is 0 Å². The zero-order valence-electron chi connectivity index (χ0n) is 6.01. The molecule has 12 heavy (non-hydrogen) atoms. The van der Waals surface area contributed by atoms with Crippen LogP contribution in [0.2, 0.25) is 4.34 Å². The van der Waals surface area contributed by atoms with Gasteiger partial charge in [0, 0.05) is 9.79 Å². The minimum absolute atomic E-state index is 0.0490. The summed E-state index contributed by atoms with van der Waals surface area (Å²) in [6.45, 7) is 0.0490. The van der Waals surface area contributed by atoms with Gasteiger partial charge in [0.05, 0.1) is 17.0 Å². The van der Waals surface area contributed by atoms with Crippen LogP contribution in [0.25, 0.3) is 10.4 Å². The Morgan fingerprint density at radius 2 is 2.50 bits per heavy atom. The number of rotatable bonds is 3. The molecule has 1 aromatic rings. The van der Waals surface area contributed by atoms with E-state index < -0.39 is 6.10 Å². The van der Waals surface area contributed by atoms with Crippen LogP contribution in [-0.4, -0.2) is 11.7 Å². The Bertz CT molecular complexity index is 307. The summed E-state index contributed by atoms with van der Waals surface area (Å²) in [5, 5.41) is 12.6. The summed E-state index contributed by atoms with van der Waals surface area (Å²) < 4.78 is 0.616. The largest absolute Gasteiger partial charge is 0.387 e. The monoisotopic (exact) mass is 203 g/mol.